The number of fused-ring (bicyclic) bond motifs is 3. The van der Waals surface area contributed by atoms with E-state index in [1.54, 1.807) is 24.5 Å². The third kappa shape index (κ3) is 31.3. The quantitative estimate of drug-likeness (QED) is 0.0396. The van der Waals surface area contributed by atoms with Crippen molar-refractivity contribution in [1.29, 1.82) is 0 Å². The number of hydrogen-bond acceptors (Lipinski definition) is 23. The van der Waals surface area contributed by atoms with Crippen molar-refractivity contribution in [3.63, 3.8) is 0 Å². The summed E-state index contributed by atoms with van der Waals surface area (Å²) in [6.07, 6.45) is 22.4. The average molecular weight is 1770 g/mol. The average Bonchev–Trinajstić information content (AvgIpc) is 0.805. The Morgan fingerprint density at radius 1 is 0.460 bits per heavy atom. The first-order valence-electron chi connectivity index (χ1n) is 45.4. The van der Waals surface area contributed by atoms with Gasteiger partial charge in [-0.3, -0.25) is 33.9 Å². The molecule has 6 atom stereocenters. The maximum atomic E-state index is 12.8. The van der Waals surface area contributed by atoms with Gasteiger partial charge in [-0.2, -0.15) is 0 Å². The molecule has 0 spiro atoms. The molecule has 682 valence electrons. The number of piperidine rings is 6. The number of alkyl carbamates (subject to hydrolysis) is 2. The lowest BCUT2D eigenvalue weighted by Gasteiger charge is -2.39. The normalized spacial score (nSPS) is 20.7. The number of hydrogen-bond donors (Lipinski definition) is 8. The molecule has 0 bridgehead atoms. The Labute approximate surface area is 755 Å². The zero-order valence-electron chi connectivity index (χ0n) is 75.7. The van der Waals surface area contributed by atoms with Crippen molar-refractivity contribution in [3.8, 4) is 0 Å². The molecule has 6 fully saturated rings. The predicted octanol–water partition coefficient (Wildman–Crippen LogP) is 14.0. The summed E-state index contributed by atoms with van der Waals surface area (Å²) in [5.74, 6) is 5.68. The molecule has 0 aliphatic carbocycles. The van der Waals surface area contributed by atoms with E-state index in [0.717, 1.165) is 170 Å². The Morgan fingerprint density at radius 3 is 1.30 bits per heavy atom. The van der Waals surface area contributed by atoms with Crippen molar-refractivity contribution >= 4 is 99.6 Å². The summed E-state index contributed by atoms with van der Waals surface area (Å²) in [7, 11) is 6.19. The summed E-state index contributed by atoms with van der Waals surface area (Å²) < 4.78 is 10.5. The molecule has 7 aromatic rings. The van der Waals surface area contributed by atoms with Gasteiger partial charge in [-0.15, -0.1) is 0 Å². The second-order valence-corrected chi connectivity index (χ2v) is 37.1. The number of anilines is 7. The molecule has 0 radical (unpaired) electrons. The summed E-state index contributed by atoms with van der Waals surface area (Å²) in [4.78, 5) is 113. The SMILES string of the molecule is CC(C)(C)OC(=O)N[C@H]1CCCN(Cc2ccccc2)C1.CC(C)(C)OC(=O)N[C@H]1CCCNC1.CC[C@H]1CCCN(Cc2ccccc2)C1.CN(c1ncnc2c1CCC(=O)N2)[C@H]1CCCN(C(=O)CNc2cc(Cl)cc(Cl)c2)C1.CN(c1ncnc2c1CCC(=O)N2)[C@H]1CCCN(Cc2ccccc2)C1.CN(c1ncnc2c1CCC(=O)N2)[C@H]1CCCNC1. The van der Waals surface area contributed by atoms with E-state index >= 15 is 0 Å². The summed E-state index contributed by atoms with van der Waals surface area (Å²) in [6, 6.07) is 38.5. The van der Waals surface area contributed by atoms with E-state index in [1.165, 1.54) is 81.0 Å². The molecule has 9 aliphatic rings. The van der Waals surface area contributed by atoms with E-state index in [0.29, 0.717) is 83.9 Å². The molecular weight excluding hydrogens is 1630 g/mol. The molecule has 29 nitrogen and oxygen atoms in total. The number of benzene rings is 4. The van der Waals surface area contributed by atoms with Crippen LogP contribution in [0.1, 0.15) is 185 Å². The van der Waals surface area contributed by atoms with Gasteiger partial charge in [-0.25, -0.2) is 39.5 Å². The molecule has 0 unspecified atom stereocenters. The number of carbonyl (C=O) groups excluding carboxylic acids is 6. The molecule has 8 N–H and O–H groups in total. The number of likely N-dealkylation sites (N-methyl/N-ethyl adjacent to an activating group) is 3. The van der Waals surface area contributed by atoms with Crippen molar-refractivity contribution in [2.24, 2.45) is 5.92 Å². The summed E-state index contributed by atoms with van der Waals surface area (Å²) in [6.45, 7) is 28.8. The summed E-state index contributed by atoms with van der Waals surface area (Å²) in [5.41, 5.74) is 7.07. The van der Waals surface area contributed by atoms with Gasteiger partial charge >= 0.3 is 12.2 Å². The molecule has 16 rings (SSSR count). The minimum absolute atomic E-state index is 0.0196. The number of likely N-dealkylation sites (tertiary alicyclic amines) is 4. The minimum Gasteiger partial charge on any atom is -0.444 e. The van der Waals surface area contributed by atoms with Gasteiger partial charge in [0.1, 0.15) is 65.1 Å². The number of halogens is 2. The van der Waals surface area contributed by atoms with Gasteiger partial charge in [0.2, 0.25) is 23.6 Å². The highest BCUT2D eigenvalue weighted by Gasteiger charge is 2.34. The molecule has 4 aromatic carbocycles. The van der Waals surface area contributed by atoms with E-state index < -0.39 is 11.2 Å². The molecule has 31 heteroatoms. The minimum atomic E-state index is -0.442. The standard InChI is InChI=1S/C21H24Cl2N6O2.C20H25N5O.C17H26N2O2.C14H21N.C13H19N5O.C10H20N2O2/c1-28(21-17-4-5-18(30)27-20(17)25-12-26-21)16-3-2-6-29(11-16)19(31)10-24-15-8-13(22)7-14(23)9-15;1-24(20-17-9-10-18(26)23-19(17)21-14-22-20)16-8-5-11-25(13-16)12-15-6-3-2-4-7-15;1-17(2,3)21-16(20)18-15-10-7-11-19(13-15)12-14-8-5-4-6-9-14;1-2-13-9-6-10-15(11-13)12-14-7-4-3-5-8-14;1-18(9-3-2-6-14-7-9)13-10-4-5-11(19)17-12(10)15-8-16-13;1-10(2,3)14-9(13)12-8-5-4-6-11-7-8/h7-9,12,16,24H,2-6,10-11H2,1H3,(H,25,26,27,30);2-4,6-7,14,16H,5,8-13H2,1H3,(H,21,22,23,26);4-6,8-9,15H,7,10-13H2,1-3H3,(H,18,20);3-5,7-8,13H,2,6,9-12H2,1H3;8-9,14H,2-7H2,1H3,(H,15,16,17,19);8,11H,4-7H2,1-3H3,(H,12,13)/t2*16-;15-;13-;9-;8-/m000000/s1. The molecule has 6 saturated heterocycles. The first kappa shape index (κ1) is 96.7. The monoisotopic (exact) mass is 1770 g/mol. The number of aromatic nitrogens is 6. The van der Waals surface area contributed by atoms with Crippen LogP contribution in [-0.2, 0) is 67.5 Å². The fourth-order valence-corrected chi connectivity index (χ4v) is 18.0. The van der Waals surface area contributed by atoms with Crippen molar-refractivity contribution in [3.05, 3.63) is 172 Å². The molecule has 12 heterocycles. The van der Waals surface area contributed by atoms with Crippen molar-refractivity contribution in [2.75, 3.05) is 142 Å². The summed E-state index contributed by atoms with van der Waals surface area (Å²) in [5, 5.41) is 25.2. The second kappa shape index (κ2) is 48.3. The van der Waals surface area contributed by atoms with E-state index in [4.69, 9.17) is 32.7 Å². The predicted molar refractivity (Wildman–Crippen MR) is 501 cm³/mol. The van der Waals surface area contributed by atoms with Crippen LogP contribution in [0.5, 0.6) is 0 Å². The zero-order valence-corrected chi connectivity index (χ0v) is 77.2. The van der Waals surface area contributed by atoms with Crippen LogP contribution in [-0.4, -0.2) is 233 Å². The lowest BCUT2D eigenvalue weighted by atomic mass is 9.95. The molecule has 6 amide bonds. The van der Waals surface area contributed by atoms with Crippen LogP contribution < -0.4 is 57.2 Å². The van der Waals surface area contributed by atoms with E-state index in [-0.39, 0.29) is 60.5 Å². The van der Waals surface area contributed by atoms with Crippen molar-refractivity contribution in [2.45, 2.75) is 232 Å². The maximum absolute atomic E-state index is 12.8. The van der Waals surface area contributed by atoms with Crippen LogP contribution in [0.25, 0.3) is 0 Å². The number of nitrogens with one attached hydrogen (secondary N) is 8. The number of rotatable bonds is 18. The fraction of sp³-hybridized carbons (Fsp3) is 0.558. The van der Waals surface area contributed by atoms with Crippen molar-refractivity contribution < 1.29 is 38.2 Å². The highest BCUT2D eigenvalue weighted by Crippen LogP contribution is 2.35. The Balaban J connectivity index is 0.000000150. The summed E-state index contributed by atoms with van der Waals surface area (Å²) >= 11 is 12.1. The van der Waals surface area contributed by atoms with Crippen LogP contribution in [0.4, 0.5) is 50.2 Å². The van der Waals surface area contributed by atoms with Gasteiger partial charge in [0, 0.05) is 168 Å². The third-order valence-electron chi connectivity index (χ3n) is 24.0. The van der Waals surface area contributed by atoms with E-state index in [2.05, 4.69) is 208 Å². The Morgan fingerprint density at radius 2 is 0.857 bits per heavy atom. The first-order chi connectivity index (χ1) is 60.6. The fourth-order valence-electron chi connectivity index (χ4n) is 17.4. The number of amides is 6. The van der Waals surface area contributed by atoms with Crippen LogP contribution in [0.2, 0.25) is 10.0 Å². The Bertz CT molecular complexity index is 4600. The topological polar surface area (TPSA) is 317 Å². The highest BCUT2D eigenvalue weighted by atomic mass is 35.5. The molecule has 9 aliphatic heterocycles. The van der Waals surface area contributed by atoms with E-state index in [9.17, 15) is 28.8 Å². The molecule has 126 heavy (non-hydrogen) atoms. The number of nitrogens with zero attached hydrogens (tertiary/aromatic N) is 13. The molecule has 3 aromatic heterocycles. The van der Waals surface area contributed by atoms with Gasteiger partial charge in [0.15, 0.2) is 0 Å². The van der Waals surface area contributed by atoms with Crippen LogP contribution in [0.15, 0.2) is 128 Å². The zero-order chi connectivity index (χ0) is 89.5. The van der Waals surface area contributed by atoms with Gasteiger partial charge in [-0.1, -0.05) is 128 Å². The maximum Gasteiger partial charge on any atom is 0.407 e. The van der Waals surface area contributed by atoms with Gasteiger partial charge in [-0.05, 0) is 211 Å². The lowest BCUT2D eigenvalue weighted by molar-refractivity contribution is -0.130. The molecular formula is C95H135Cl2N21O8. The van der Waals surface area contributed by atoms with Gasteiger partial charge in [0.25, 0.3) is 0 Å². The van der Waals surface area contributed by atoms with Crippen LogP contribution in [0.3, 0.4) is 0 Å². The number of ether oxygens (including phenoxy) is 2. The van der Waals surface area contributed by atoms with Gasteiger partial charge in [0.05, 0.1) is 6.54 Å². The van der Waals surface area contributed by atoms with E-state index in [1.807, 2.05) is 59.6 Å². The van der Waals surface area contributed by atoms with Crippen LogP contribution in [0, 0.1) is 5.92 Å². The smallest absolute Gasteiger partial charge is 0.407 e. The highest BCUT2D eigenvalue weighted by molar-refractivity contribution is 6.35. The second-order valence-electron chi connectivity index (χ2n) is 36.2. The van der Waals surface area contributed by atoms with Crippen molar-refractivity contribution in [1.82, 2.24) is 70.8 Å². The Hall–Kier alpha value is -9.88. The largest absolute Gasteiger partial charge is 0.444 e. The molecule has 0 saturated carbocycles. The van der Waals surface area contributed by atoms with Crippen LogP contribution >= 0.6 is 23.2 Å². The number of carbonyl (C=O) groups is 6. The third-order valence-corrected chi connectivity index (χ3v) is 24.4. The lowest BCUT2D eigenvalue weighted by Crippen LogP contribution is -2.50. The first-order valence-corrected chi connectivity index (χ1v) is 46.2. The Kier molecular flexibility index (Phi) is 37.1. The van der Waals surface area contributed by atoms with Gasteiger partial charge < -0.3 is 71.6 Å².